The van der Waals surface area contributed by atoms with Crippen molar-refractivity contribution in [3.63, 3.8) is 0 Å². The van der Waals surface area contributed by atoms with Crippen LogP contribution in [0.2, 0.25) is 0 Å². The van der Waals surface area contributed by atoms with Crippen LogP contribution in [0.3, 0.4) is 0 Å². The molecular weight excluding hydrogens is 274 g/mol. The van der Waals surface area contributed by atoms with E-state index in [0.29, 0.717) is 5.75 Å². The quantitative estimate of drug-likeness (QED) is 0.847. The van der Waals surface area contributed by atoms with Gasteiger partial charge >= 0.3 is 0 Å². The van der Waals surface area contributed by atoms with Gasteiger partial charge in [-0.2, -0.15) is 11.3 Å². The molecule has 0 aliphatic rings. The lowest BCUT2D eigenvalue weighted by atomic mass is 10.2. The molecule has 1 N–H and O–H groups in total. The van der Waals surface area contributed by atoms with E-state index < -0.39 is 0 Å². The molecule has 0 radical (unpaired) electrons. The molecule has 0 unspecified atom stereocenters. The number of hydrogen-bond donors (Lipinski definition) is 1. The molecule has 0 saturated heterocycles. The monoisotopic (exact) mass is 291 g/mol. The Bertz CT molecular complexity index is 482. The van der Waals surface area contributed by atoms with E-state index in [1.165, 1.54) is 11.1 Å². The maximum absolute atomic E-state index is 11.6. The van der Waals surface area contributed by atoms with Crippen LogP contribution in [0, 0.1) is 0 Å². The molecule has 1 heterocycles. The molecule has 2 nitrogen and oxygen atoms in total. The highest BCUT2D eigenvalue weighted by Gasteiger charge is 2.01. The number of nitrogens with one attached hydrogen (secondary N) is 1. The van der Waals surface area contributed by atoms with Crippen LogP contribution in [0.4, 0.5) is 0 Å². The molecule has 19 heavy (non-hydrogen) atoms. The number of carbonyl (C=O) groups excluding carboxylic acids is 1. The van der Waals surface area contributed by atoms with Gasteiger partial charge in [-0.3, -0.25) is 4.79 Å². The van der Waals surface area contributed by atoms with Crippen LogP contribution in [-0.4, -0.2) is 18.2 Å². The summed E-state index contributed by atoms with van der Waals surface area (Å²) in [6, 6.07) is 12.3. The minimum absolute atomic E-state index is 0.121. The maximum atomic E-state index is 11.6. The summed E-state index contributed by atoms with van der Waals surface area (Å²) in [6.45, 7) is 0.724. The number of hydrogen-bond acceptors (Lipinski definition) is 3. The van der Waals surface area contributed by atoms with Crippen molar-refractivity contribution in [1.82, 2.24) is 5.32 Å². The fourth-order valence-corrected chi connectivity index (χ4v) is 3.19. The second-order valence-corrected chi connectivity index (χ2v) is 5.98. The highest BCUT2D eigenvalue weighted by molar-refractivity contribution is 7.99. The van der Waals surface area contributed by atoms with Crippen LogP contribution in [-0.2, 0) is 17.0 Å². The molecule has 0 fully saturated rings. The predicted molar refractivity (Wildman–Crippen MR) is 83.6 cm³/mol. The first-order valence-electron chi connectivity index (χ1n) is 6.24. The number of carbonyl (C=O) groups is 1. The van der Waals surface area contributed by atoms with Crippen molar-refractivity contribution < 1.29 is 4.79 Å². The maximum Gasteiger partial charge on any atom is 0.230 e. The zero-order valence-corrected chi connectivity index (χ0v) is 12.3. The molecule has 0 aliphatic carbocycles. The van der Waals surface area contributed by atoms with Crippen molar-refractivity contribution in [2.24, 2.45) is 0 Å². The van der Waals surface area contributed by atoms with Crippen LogP contribution in [0.15, 0.2) is 47.2 Å². The summed E-state index contributed by atoms with van der Waals surface area (Å²) in [4.78, 5) is 11.6. The largest absolute Gasteiger partial charge is 0.355 e. The smallest absolute Gasteiger partial charge is 0.230 e. The van der Waals surface area contributed by atoms with Crippen molar-refractivity contribution in [2.45, 2.75) is 12.2 Å². The Kier molecular flexibility index (Phi) is 5.98. The Morgan fingerprint density at radius 1 is 1.16 bits per heavy atom. The third-order valence-corrected chi connectivity index (χ3v) is 4.40. The number of thioether (sulfide) groups is 1. The fourth-order valence-electron chi connectivity index (χ4n) is 1.67. The van der Waals surface area contributed by atoms with Crippen LogP contribution in [0.1, 0.15) is 11.1 Å². The third-order valence-electron chi connectivity index (χ3n) is 2.66. The Morgan fingerprint density at radius 3 is 2.74 bits per heavy atom. The van der Waals surface area contributed by atoms with Crippen molar-refractivity contribution in [3.05, 3.63) is 58.3 Å². The summed E-state index contributed by atoms with van der Waals surface area (Å²) in [5, 5.41) is 7.14. The van der Waals surface area contributed by atoms with Gasteiger partial charge in [0.05, 0.1) is 5.75 Å². The lowest BCUT2D eigenvalue weighted by Crippen LogP contribution is -2.27. The normalized spacial score (nSPS) is 10.3. The summed E-state index contributed by atoms with van der Waals surface area (Å²) in [7, 11) is 0. The second kappa shape index (κ2) is 8.02. The molecule has 2 aromatic rings. The van der Waals surface area contributed by atoms with Crippen LogP contribution < -0.4 is 5.32 Å². The minimum atomic E-state index is 0.121. The van der Waals surface area contributed by atoms with Gasteiger partial charge in [0.1, 0.15) is 0 Å². The van der Waals surface area contributed by atoms with Gasteiger partial charge < -0.3 is 5.32 Å². The first kappa shape index (κ1) is 14.2. The zero-order valence-electron chi connectivity index (χ0n) is 10.7. The number of thiophene rings is 1. The lowest BCUT2D eigenvalue weighted by Gasteiger charge is -2.04. The van der Waals surface area contributed by atoms with Gasteiger partial charge in [-0.25, -0.2) is 0 Å². The van der Waals surface area contributed by atoms with Gasteiger partial charge in [0.15, 0.2) is 0 Å². The average molecular weight is 291 g/mol. The van der Waals surface area contributed by atoms with E-state index in [-0.39, 0.29) is 5.91 Å². The molecule has 0 spiro atoms. The summed E-state index contributed by atoms with van der Waals surface area (Å²) < 4.78 is 0. The molecule has 4 heteroatoms. The highest BCUT2D eigenvalue weighted by Crippen LogP contribution is 2.11. The van der Waals surface area contributed by atoms with E-state index in [9.17, 15) is 4.79 Å². The molecule has 0 atom stereocenters. The average Bonchev–Trinajstić information content (AvgIpc) is 2.93. The third kappa shape index (κ3) is 5.49. The van der Waals surface area contributed by atoms with Gasteiger partial charge in [0.2, 0.25) is 5.91 Å². The van der Waals surface area contributed by atoms with Crippen LogP contribution >= 0.6 is 23.1 Å². The van der Waals surface area contributed by atoms with E-state index in [1.807, 2.05) is 18.2 Å². The Balaban J connectivity index is 1.57. The van der Waals surface area contributed by atoms with Crippen molar-refractivity contribution in [3.8, 4) is 0 Å². The Morgan fingerprint density at radius 2 is 2.00 bits per heavy atom. The molecule has 1 aromatic carbocycles. The van der Waals surface area contributed by atoms with Crippen LogP contribution in [0.25, 0.3) is 0 Å². The fraction of sp³-hybridized carbons (Fsp3) is 0.267. The lowest BCUT2D eigenvalue weighted by molar-refractivity contribution is -0.118. The van der Waals surface area contributed by atoms with Gasteiger partial charge in [0.25, 0.3) is 0 Å². The van der Waals surface area contributed by atoms with E-state index in [0.717, 1.165) is 18.7 Å². The van der Waals surface area contributed by atoms with Crippen molar-refractivity contribution in [1.29, 1.82) is 0 Å². The van der Waals surface area contributed by atoms with E-state index in [2.05, 4.69) is 34.3 Å². The van der Waals surface area contributed by atoms with Crippen molar-refractivity contribution >= 4 is 29.0 Å². The number of amides is 1. The van der Waals surface area contributed by atoms with E-state index in [1.54, 1.807) is 23.1 Å². The topological polar surface area (TPSA) is 29.1 Å². The first-order chi connectivity index (χ1) is 9.34. The zero-order chi connectivity index (χ0) is 13.3. The minimum Gasteiger partial charge on any atom is -0.355 e. The van der Waals surface area contributed by atoms with E-state index in [4.69, 9.17) is 0 Å². The van der Waals surface area contributed by atoms with Crippen molar-refractivity contribution in [2.75, 3.05) is 12.3 Å². The molecule has 0 aliphatic heterocycles. The Hall–Kier alpha value is -1.26. The van der Waals surface area contributed by atoms with Gasteiger partial charge in [-0.1, -0.05) is 30.3 Å². The molecule has 0 saturated carbocycles. The number of benzene rings is 1. The van der Waals surface area contributed by atoms with Crippen LogP contribution in [0.5, 0.6) is 0 Å². The Labute approximate surface area is 122 Å². The van der Waals surface area contributed by atoms with E-state index >= 15 is 0 Å². The molecule has 100 valence electrons. The first-order valence-corrected chi connectivity index (χ1v) is 8.34. The molecule has 1 amide bonds. The molecule has 0 bridgehead atoms. The summed E-state index contributed by atoms with van der Waals surface area (Å²) in [5.41, 5.74) is 2.56. The summed E-state index contributed by atoms with van der Waals surface area (Å²) in [5.74, 6) is 1.54. The van der Waals surface area contributed by atoms with Gasteiger partial charge in [-0.15, -0.1) is 11.8 Å². The summed E-state index contributed by atoms with van der Waals surface area (Å²) in [6.07, 6.45) is 0.915. The molecular formula is C15H17NOS2. The molecule has 2 rings (SSSR count). The highest BCUT2D eigenvalue weighted by atomic mass is 32.2. The molecule has 1 aromatic heterocycles. The SMILES string of the molecule is O=C(CSCc1ccccc1)NCCc1ccsc1. The second-order valence-electron chi connectivity index (χ2n) is 4.21. The predicted octanol–water partition coefficient (Wildman–Crippen LogP) is 3.34. The van der Waals surface area contributed by atoms with Gasteiger partial charge in [-0.05, 0) is 34.4 Å². The standard InChI is InChI=1S/C15H17NOS2/c17-15(16-8-6-14-7-9-18-10-14)12-19-11-13-4-2-1-3-5-13/h1-5,7,9-10H,6,8,11-12H2,(H,16,17). The summed E-state index contributed by atoms with van der Waals surface area (Å²) >= 11 is 3.35. The number of rotatable bonds is 7. The van der Waals surface area contributed by atoms with Gasteiger partial charge in [0, 0.05) is 12.3 Å².